The average Bonchev–Trinajstić information content (AvgIpc) is 3.20. The van der Waals surface area contributed by atoms with Gasteiger partial charge in [0, 0.05) is 51.5 Å². The lowest BCUT2D eigenvalue weighted by atomic mass is 9.87. The number of ether oxygens (including phenoxy) is 2. The number of imidazole rings is 1. The number of halogens is 1. The van der Waals surface area contributed by atoms with E-state index in [2.05, 4.69) is 36.2 Å². The summed E-state index contributed by atoms with van der Waals surface area (Å²) in [6.45, 7) is 13.1. The van der Waals surface area contributed by atoms with Gasteiger partial charge in [-0.15, -0.1) is 0 Å². The Bertz CT molecular complexity index is 1450. The number of aromatic nitrogens is 4. The van der Waals surface area contributed by atoms with Crippen LogP contribution in [0, 0.1) is 18.3 Å². The van der Waals surface area contributed by atoms with Gasteiger partial charge in [-0.1, -0.05) is 26.6 Å². The predicted octanol–water partition coefficient (Wildman–Crippen LogP) is 5.65. The van der Waals surface area contributed by atoms with Crippen molar-refractivity contribution < 1.29 is 18.7 Å². The number of nitrogens with one attached hydrogen (secondary N) is 1. The Morgan fingerprint density at radius 1 is 1.30 bits per heavy atom. The third kappa shape index (κ3) is 5.03. The lowest BCUT2D eigenvalue weighted by Crippen LogP contribution is -2.48. The number of nitrogens with zero attached hydrogens (tertiary/aromatic N) is 4. The number of aromatic amines is 1. The molecule has 0 unspecified atom stereocenters. The Hall–Kier alpha value is -2.56. The molecule has 3 heterocycles. The normalized spacial score (nSPS) is 23.6. The highest BCUT2D eigenvalue weighted by Gasteiger charge is 2.54. The maximum absolute atomic E-state index is 15.5. The minimum absolute atomic E-state index is 0.0847. The van der Waals surface area contributed by atoms with Crippen molar-refractivity contribution in [2.24, 2.45) is 11.3 Å². The van der Waals surface area contributed by atoms with Crippen LogP contribution in [0.4, 0.5) is 10.1 Å². The van der Waals surface area contributed by atoms with Gasteiger partial charge in [-0.25, -0.2) is 14.1 Å². The number of carbonyl (C=O) groups excluding carboxylic acids is 1. The van der Waals surface area contributed by atoms with Crippen molar-refractivity contribution >= 4 is 30.7 Å². The van der Waals surface area contributed by atoms with E-state index in [-0.39, 0.29) is 26.1 Å². The quantitative estimate of drug-likeness (QED) is 0.281. The summed E-state index contributed by atoms with van der Waals surface area (Å²) >= 11 is 0. The van der Waals surface area contributed by atoms with Gasteiger partial charge in [0.05, 0.1) is 24.2 Å². The Kier molecular flexibility index (Phi) is 6.74. The van der Waals surface area contributed by atoms with Crippen molar-refractivity contribution in [3.8, 4) is 11.5 Å². The molecule has 1 saturated carbocycles. The molecule has 1 amide bonds. The van der Waals surface area contributed by atoms with Crippen LogP contribution in [0.1, 0.15) is 43.0 Å². The molecular weight excluding hydrogens is 525 g/mol. The third-order valence-corrected chi connectivity index (χ3v) is 11.0. The molecule has 2 aliphatic carbocycles. The number of amides is 1. The van der Waals surface area contributed by atoms with Gasteiger partial charge in [0.15, 0.2) is 11.5 Å². The summed E-state index contributed by atoms with van der Waals surface area (Å²) in [4.78, 5) is 23.0. The Morgan fingerprint density at radius 3 is 2.77 bits per heavy atom. The van der Waals surface area contributed by atoms with Crippen LogP contribution >= 0.6 is 0 Å². The fourth-order valence-corrected chi connectivity index (χ4v) is 7.14. The smallest absolute Gasteiger partial charge is 0.264 e. The molecule has 1 saturated heterocycles. The van der Waals surface area contributed by atoms with Gasteiger partial charge in [-0.3, -0.25) is 4.79 Å². The van der Waals surface area contributed by atoms with E-state index in [1.165, 1.54) is 22.6 Å². The number of alkyl halides is 1. The molecule has 1 N–H and O–H groups in total. The highest BCUT2D eigenvalue weighted by atomic mass is 28.3. The molecule has 2 fully saturated rings. The molecule has 1 aromatic carbocycles. The lowest BCUT2D eigenvalue weighted by molar-refractivity contribution is -0.135. The number of fused-ring (bicyclic) bond motifs is 3. The van der Waals surface area contributed by atoms with Crippen LogP contribution < -0.4 is 4.90 Å². The number of anilines is 1. The molecule has 0 radical (unpaired) electrons. The average molecular weight is 568 g/mol. The number of hydrogen-bond donors (Lipinski definition) is 1. The number of H-pyrrole nitrogens is 1. The zero-order valence-corrected chi connectivity index (χ0v) is 25.7. The summed E-state index contributed by atoms with van der Waals surface area (Å²) in [5.41, 5.74) is 5.06. The molecule has 0 bridgehead atoms. The predicted molar refractivity (Wildman–Crippen MR) is 157 cm³/mol. The summed E-state index contributed by atoms with van der Waals surface area (Å²) in [6.07, 6.45) is 3.45. The third-order valence-electron chi connectivity index (χ3n) is 9.29. The molecule has 6 rings (SSSR count). The minimum Gasteiger partial charge on any atom is -0.381 e. The van der Waals surface area contributed by atoms with Gasteiger partial charge in [-0.2, -0.15) is 5.10 Å². The monoisotopic (exact) mass is 567 g/mol. The van der Waals surface area contributed by atoms with E-state index in [9.17, 15) is 4.79 Å². The number of aryl methyl sites for hydroxylation is 1. The molecule has 3 aliphatic rings. The van der Waals surface area contributed by atoms with E-state index in [0.717, 1.165) is 53.6 Å². The Labute approximate surface area is 236 Å². The molecule has 8 nitrogen and oxygen atoms in total. The van der Waals surface area contributed by atoms with Crippen molar-refractivity contribution in [3.05, 3.63) is 29.0 Å². The SMILES string of the molecule is Cc1cc2nc(-c3nn(COCC[Si](C)(C)C)c4c3C[C@@H]3C[C@]3(C)C4)[nH]c2cc1N(C)C(=O)C1(F)CCOCC1. The van der Waals surface area contributed by atoms with Crippen molar-refractivity contribution in [1.29, 1.82) is 0 Å². The van der Waals surface area contributed by atoms with E-state index in [1.807, 2.05) is 19.1 Å². The molecule has 216 valence electrons. The number of hydrogen-bond acceptors (Lipinski definition) is 5. The van der Waals surface area contributed by atoms with Gasteiger partial charge in [0.1, 0.15) is 12.4 Å². The van der Waals surface area contributed by atoms with Gasteiger partial charge in [0.2, 0.25) is 0 Å². The largest absolute Gasteiger partial charge is 0.381 e. The fourth-order valence-electron chi connectivity index (χ4n) is 6.38. The second-order valence-electron chi connectivity index (χ2n) is 13.7. The van der Waals surface area contributed by atoms with Gasteiger partial charge < -0.3 is 19.4 Å². The van der Waals surface area contributed by atoms with Gasteiger partial charge >= 0.3 is 0 Å². The zero-order valence-electron chi connectivity index (χ0n) is 24.7. The molecule has 2 atom stereocenters. The molecule has 0 spiro atoms. The highest BCUT2D eigenvalue weighted by Crippen LogP contribution is 2.60. The molecule has 2 aromatic heterocycles. The number of carbonyl (C=O) groups is 1. The standard InChI is InChI=1S/C30H42FN5O3Si/c1-19-13-22-23(15-24(19)35(3)28(37)30(31)7-9-38-10-8-30)33-27(32-22)26-21-14-20-16-29(20,2)17-25(21)36(34-26)18-39-11-12-40(4,5)6/h13,15,20H,7-12,14,16-18H2,1-6H3,(H,32,33)/t20-,29-/m1/s1. The summed E-state index contributed by atoms with van der Waals surface area (Å²) in [6, 6.07) is 5.00. The Morgan fingerprint density at radius 2 is 2.05 bits per heavy atom. The van der Waals surface area contributed by atoms with Crippen molar-refractivity contribution in [2.75, 3.05) is 31.8 Å². The molecule has 3 aromatic rings. The van der Waals surface area contributed by atoms with Crippen LogP contribution in [0.2, 0.25) is 25.7 Å². The first kappa shape index (κ1) is 27.6. The minimum atomic E-state index is -1.89. The highest BCUT2D eigenvalue weighted by molar-refractivity contribution is 6.76. The summed E-state index contributed by atoms with van der Waals surface area (Å²) < 4.78 is 28.9. The van der Waals surface area contributed by atoms with Crippen LogP contribution in [-0.4, -0.2) is 66.3 Å². The second-order valence-corrected chi connectivity index (χ2v) is 19.4. The van der Waals surface area contributed by atoms with Crippen molar-refractivity contribution in [1.82, 2.24) is 19.7 Å². The first-order valence-electron chi connectivity index (χ1n) is 14.6. The maximum Gasteiger partial charge on any atom is 0.264 e. The maximum atomic E-state index is 15.5. The van der Waals surface area contributed by atoms with Crippen LogP contribution in [0.3, 0.4) is 0 Å². The topological polar surface area (TPSA) is 85.3 Å². The van der Waals surface area contributed by atoms with Crippen LogP contribution in [0.5, 0.6) is 0 Å². The first-order valence-corrected chi connectivity index (χ1v) is 18.3. The number of rotatable bonds is 8. The van der Waals surface area contributed by atoms with E-state index in [0.29, 0.717) is 23.8 Å². The fraction of sp³-hybridized carbons (Fsp3) is 0.633. The summed E-state index contributed by atoms with van der Waals surface area (Å²) in [5.74, 6) is 0.904. The van der Waals surface area contributed by atoms with Crippen LogP contribution in [0.25, 0.3) is 22.6 Å². The summed E-state index contributed by atoms with van der Waals surface area (Å²) in [5, 5.41) is 5.04. The van der Waals surface area contributed by atoms with Crippen molar-refractivity contribution in [3.63, 3.8) is 0 Å². The van der Waals surface area contributed by atoms with E-state index in [1.54, 1.807) is 7.05 Å². The van der Waals surface area contributed by atoms with Gasteiger partial charge in [0.25, 0.3) is 5.91 Å². The first-order chi connectivity index (χ1) is 18.9. The molecule has 10 heteroatoms. The second kappa shape index (κ2) is 9.77. The molecular formula is C30H42FN5O3Si. The number of benzene rings is 1. The van der Waals surface area contributed by atoms with E-state index >= 15 is 4.39 Å². The lowest BCUT2D eigenvalue weighted by Gasteiger charge is -2.32. The van der Waals surface area contributed by atoms with E-state index < -0.39 is 19.6 Å². The zero-order chi connectivity index (χ0) is 28.4. The molecule has 40 heavy (non-hydrogen) atoms. The van der Waals surface area contributed by atoms with Gasteiger partial charge in [-0.05, 0) is 61.3 Å². The summed E-state index contributed by atoms with van der Waals surface area (Å²) in [7, 11) is 0.484. The molecule has 1 aliphatic heterocycles. The van der Waals surface area contributed by atoms with Crippen molar-refractivity contribution in [2.45, 2.75) is 84.0 Å². The Balaban J connectivity index is 1.30. The van der Waals surface area contributed by atoms with E-state index in [4.69, 9.17) is 19.6 Å². The van der Waals surface area contributed by atoms with Crippen LogP contribution in [0.15, 0.2) is 12.1 Å². The van der Waals surface area contributed by atoms with Crippen LogP contribution in [-0.2, 0) is 33.8 Å².